The molecule has 5 heteroatoms. The van der Waals surface area contributed by atoms with Gasteiger partial charge in [0.05, 0.1) is 12.0 Å². The normalized spacial score (nSPS) is 10.6. The highest BCUT2D eigenvalue weighted by Gasteiger charge is 2.14. The number of aryl methyl sites for hydroxylation is 1. The van der Waals surface area contributed by atoms with E-state index in [1.54, 1.807) is 19.9 Å². The van der Waals surface area contributed by atoms with Crippen molar-refractivity contribution in [3.63, 3.8) is 0 Å². The highest BCUT2D eigenvalue weighted by Crippen LogP contribution is 2.22. The third-order valence-corrected chi connectivity index (χ3v) is 2.89. The van der Waals surface area contributed by atoms with Crippen molar-refractivity contribution in [2.75, 3.05) is 6.61 Å². The Kier molecular flexibility index (Phi) is 3.39. The number of carbonyl (C=O) groups excluding carboxylic acids is 1. The van der Waals surface area contributed by atoms with E-state index < -0.39 is 5.97 Å². The number of benzene rings is 1. The first-order valence-electron chi connectivity index (χ1n) is 5.44. The van der Waals surface area contributed by atoms with Gasteiger partial charge in [0.2, 0.25) is 5.76 Å². The first-order chi connectivity index (χ1) is 8.52. The monoisotopic (exact) mass is 266 g/mol. The summed E-state index contributed by atoms with van der Waals surface area (Å²) >= 11 is 5.94. The highest BCUT2D eigenvalue weighted by atomic mass is 35.5. The Morgan fingerprint density at radius 3 is 2.78 bits per heavy atom. The molecule has 1 aromatic carbocycles. The minimum atomic E-state index is -0.649. The standard InChI is InChI=1S/C13H11ClO4/c1-3-17-13(16)12-6-10(15)8-5-9(14)7(2)4-11(8)18-12/h4-6H,3H2,1-2H3. The van der Waals surface area contributed by atoms with Crippen LogP contribution in [0, 0.1) is 6.92 Å². The molecular formula is C13H11ClO4. The van der Waals surface area contributed by atoms with Gasteiger partial charge in [-0.1, -0.05) is 11.6 Å². The van der Waals surface area contributed by atoms with Gasteiger partial charge < -0.3 is 9.15 Å². The summed E-state index contributed by atoms with van der Waals surface area (Å²) in [7, 11) is 0. The lowest BCUT2D eigenvalue weighted by Crippen LogP contribution is -2.10. The summed E-state index contributed by atoms with van der Waals surface area (Å²) in [6.07, 6.45) is 0. The van der Waals surface area contributed by atoms with Gasteiger partial charge >= 0.3 is 5.97 Å². The Morgan fingerprint density at radius 2 is 2.11 bits per heavy atom. The maximum Gasteiger partial charge on any atom is 0.374 e. The van der Waals surface area contributed by atoms with Gasteiger partial charge in [-0.05, 0) is 31.5 Å². The molecule has 0 amide bonds. The van der Waals surface area contributed by atoms with Crippen molar-refractivity contribution >= 4 is 28.5 Å². The number of carbonyl (C=O) groups is 1. The van der Waals surface area contributed by atoms with Crippen molar-refractivity contribution in [2.24, 2.45) is 0 Å². The van der Waals surface area contributed by atoms with Crippen LogP contribution in [-0.2, 0) is 4.74 Å². The molecule has 0 aliphatic heterocycles. The van der Waals surface area contributed by atoms with Crippen molar-refractivity contribution in [2.45, 2.75) is 13.8 Å². The van der Waals surface area contributed by atoms with Crippen LogP contribution in [0.5, 0.6) is 0 Å². The lowest BCUT2D eigenvalue weighted by Gasteiger charge is -2.04. The predicted molar refractivity (Wildman–Crippen MR) is 68.2 cm³/mol. The fourth-order valence-electron chi connectivity index (χ4n) is 1.58. The van der Waals surface area contributed by atoms with E-state index in [-0.39, 0.29) is 17.8 Å². The average molecular weight is 267 g/mol. The van der Waals surface area contributed by atoms with Crippen molar-refractivity contribution in [1.82, 2.24) is 0 Å². The largest absolute Gasteiger partial charge is 0.460 e. The molecule has 0 spiro atoms. The summed E-state index contributed by atoms with van der Waals surface area (Å²) in [4.78, 5) is 23.4. The molecule has 2 rings (SSSR count). The molecule has 0 aliphatic rings. The van der Waals surface area contributed by atoms with Crippen LogP contribution in [0.2, 0.25) is 5.02 Å². The van der Waals surface area contributed by atoms with E-state index >= 15 is 0 Å². The Hall–Kier alpha value is -1.81. The number of esters is 1. The van der Waals surface area contributed by atoms with Crippen molar-refractivity contribution < 1.29 is 13.9 Å². The number of halogens is 1. The predicted octanol–water partition coefficient (Wildman–Crippen LogP) is 2.93. The van der Waals surface area contributed by atoms with Gasteiger partial charge in [0.15, 0.2) is 5.43 Å². The summed E-state index contributed by atoms with van der Waals surface area (Å²) in [6.45, 7) is 3.69. The van der Waals surface area contributed by atoms with E-state index in [1.165, 1.54) is 6.07 Å². The van der Waals surface area contributed by atoms with Crippen LogP contribution in [0.4, 0.5) is 0 Å². The Morgan fingerprint density at radius 1 is 1.39 bits per heavy atom. The van der Waals surface area contributed by atoms with Gasteiger partial charge in [0.1, 0.15) is 5.58 Å². The zero-order valence-electron chi connectivity index (χ0n) is 9.95. The number of ether oxygens (including phenoxy) is 1. The molecule has 0 unspecified atom stereocenters. The molecule has 1 heterocycles. The molecular weight excluding hydrogens is 256 g/mol. The molecule has 0 fully saturated rings. The van der Waals surface area contributed by atoms with Gasteiger partial charge in [-0.15, -0.1) is 0 Å². The second kappa shape index (κ2) is 4.82. The molecule has 0 N–H and O–H groups in total. The lowest BCUT2D eigenvalue weighted by atomic mass is 10.1. The van der Waals surface area contributed by atoms with E-state index in [4.69, 9.17) is 20.8 Å². The second-order valence-corrected chi connectivity index (χ2v) is 4.20. The first kappa shape index (κ1) is 12.6. The van der Waals surface area contributed by atoms with Gasteiger partial charge in [-0.2, -0.15) is 0 Å². The summed E-state index contributed by atoms with van der Waals surface area (Å²) in [6, 6.07) is 4.28. The molecule has 0 aliphatic carbocycles. The third kappa shape index (κ3) is 2.24. The van der Waals surface area contributed by atoms with Gasteiger partial charge in [-0.25, -0.2) is 4.79 Å². The van der Waals surface area contributed by atoms with Crippen LogP contribution in [0.3, 0.4) is 0 Å². The molecule has 2 aromatic rings. The van der Waals surface area contributed by atoms with E-state index in [1.807, 2.05) is 0 Å². The van der Waals surface area contributed by atoms with Crippen LogP contribution in [0.25, 0.3) is 11.0 Å². The minimum absolute atomic E-state index is 0.101. The van der Waals surface area contributed by atoms with E-state index in [0.29, 0.717) is 16.0 Å². The number of fused-ring (bicyclic) bond motifs is 1. The van der Waals surface area contributed by atoms with E-state index in [0.717, 1.165) is 11.6 Å². The molecule has 94 valence electrons. The zero-order valence-corrected chi connectivity index (χ0v) is 10.7. The van der Waals surface area contributed by atoms with Gasteiger partial charge in [-0.3, -0.25) is 4.79 Å². The molecule has 1 aromatic heterocycles. The number of rotatable bonds is 2. The quantitative estimate of drug-likeness (QED) is 0.784. The van der Waals surface area contributed by atoms with Crippen LogP contribution >= 0.6 is 11.6 Å². The van der Waals surface area contributed by atoms with Crippen LogP contribution in [0.1, 0.15) is 23.0 Å². The molecule has 0 saturated heterocycles. The van der Waals surface area contributed by atoms with Gasteiger partial charge in [0, 0.05) is 11.1 Å². The number of hydrogen-bond acceptors (Lipinski definition) is 4. The topological polar surface area (TPSA) is 56.5 Å². The first-order valence-corrected chi connectivity index (χ1v) is 5.82. The number of hydrogen-bond donors (Lipinski definition) is 0. The van der Waals surface area contributed by atoms with Crippen LogP contribution in [0.15, 0.2) is 27.4 Å². The molecule has 0 atom stereocenters. The lowest BCUT2D eigenvalue weighted by molar-refractivity contribution is 0.0490. The second-order valence-electron chi connectivity index (χ2n) is 3.79. The van der Waals surface area contributed by atoms with E-state index in [9.17, 15) is 9.59 Å². The fourth-order valence-corrected chi connectivity index (χ4v) is 1.74. The summed E-state index contributed by atoms with van der Waals surface area (Å²) < 4.78 is 10.1. The van der Waals surface area contributed by atoms with Crippen molar-refractivity contribution in [3.05, 3.63) is 44.8 Å². The fraction of sp³-hybridized carbons (Fsp3) is 0.231. The Bertz CT molecular complexity index is 672. The molecule has 18 heavy (non-hydrogen) atoms. The smallest absolute Gasteiger partial charge is 0.374 e. The Labute approximate surface area is 108 Å². The van der Waals surface area contributed by atoms with Crippen LogP contribution < -0.4 is 5.43 Å². The molecule has 0 saturated carbocycles. The van der Waals surface area contributed by atoms with Crippen LogP contribution in [-0.4, -0.2) is 12.6 Å². The third-order valence-electron chi connectivity index (χ3n) is 2.49. The van der Waals surface area contributed by atoms with E-state index in [2.05, 4.69) is 0 Å². The highest BCUT2D eigenvalue weighted by molar-refractivity contribution is 6.32. The molecule has 4 nitrogen and oxygen atoms in total. The average Bonchev–Trinajstić information content (AvgIpc) is 2.32. The van der Waals surface area contributed by atoms with Crippen molar-refractivity contribution in [3.8, 4) is 0 Å². The maximum absolute atomic E-state index is 11.8. The van der Waals surface area contributed by atoms with Crippen molar-refractivity contribution in [1.29, 1.82) is 0 Å². The summed E-state index contributed by atoms with van der Waals surface area (Å²) in [5.74, 6) is -0.750. The molecule has 0 radical (unpaired) electrons. The molecule has 0 bridgehead atoms. The van der Waals surface area contributed by atoms with Gasteiger partial charge in [0.25, 0.3) is 0 Å². The summed E-state index contributed by atoms with van der Waals surface area (Å²) in [5, 5.41) is 0.831. The SMILES string of the molecule is CCOC(=O)c1cc(=O)c2cc(Cl)c(C)cc2o1. The zero-order chi connectivity index (χ0) is 13.3. The maximum atomic E-state index is 11.8. The summed E-state index contributed by atoms with van der Waals surface area (Å²) in [5.41, 5.74) is 0.780. The minimum Gasteiger partial charge on any atom is -0.460 e. The Balaban J connectivity index is 2.65.